The topological polar surface area (TPSA) is 66.4 Å². The van der Waals surface area contributed by atoms with E-state index < -0.39 is 29.1 Å². The molecule has 2 aromatic rings. The monoisotopic (exact) mass is 355 g/mol. The van der Waals surface area contributed by atoms with Crippen LogP contribution in [0.4, 0.5) is 14.5 Å². The van der Waals surface area contributed by atoms with Crippen molar-refractivity contribution in [3.63, 3.8) is 0 Å². The van der Waals surface area contributed by atoms with Crippen LogP contribution in [0.15, 0.2) is 40.9 Å². The lowest BCUT2D eigenvalue weighted by molar-refractivity contribution is 0.0697. The summed E-state index contributed by atoms with van der Waals surface area (Å²) < 4.78 is 27.0. The number of anilines is 1. The van der Waals surface area contributed by atoms with Gasteiger partial charge in [0.2, 0.25) is 0 Å². The van der Waals surface area contributed by atoms with Crippen molar-refractivity contribution >= 4 is 33.5 Å². The van der Waals surface area contributed by atoms with Gasteiger partial charge in [-0.3, -0.25) is 4.79 Å². The van der Waals surface area contributed by atoms with Crippen molar-refractivity contribution in [2.75, 3.05) is 5.32 Å². The van der Waals surface area contributed by atoms with Gasteiger partial charge in [0.05, 0.1) is 11.3 Å². The van der Waals surface area contributed by atoms with Gasteiger partial charge in [-0.05, 0) is 30.3 Å². The Balaban J connectivity index is 2.34. The molecule has 0 unspecified atom stereocenters. The van der Waals surface area contributed by atoms with Crippen molar-refractivity contribution < 1.29 is 23.5 Å². The zero-order valence-corrected chi connectivity index (χ0v) is 11.9. The molecule has 0 fully saturated rings. The second-order valence-corrected chi connectivity index (χ2v) is 4.99. The average Bonchev–Trinajstić information content (AvgIpc) is 2.43. The summed E-state index contributed by atoms with van der Waals surface area (Å²) in [6, 6.07) is 7.40. The van der Waals surface area contributed by atoms with E-state index >= 15 is 0 Å². The summed E-state index contributed by atoms with van der Waals surface area (Å²) in [4.78, 5) is 23.0. The van der Waals surface area contributed by atoms with E-state index in [1.54, 1.807) is 12.1 Å². The molecule has 0 aliphatic carbocycles. The average molecular weight is 356 g/mol. The number of nitrogens with one attached hydrogen (secondary N) is 1. The maximum atomic E-state index is 13.2. The van der Waals surface area contributed by atoms with Gasteiger partial charge >= 0.3 is 5.97 Å². The summed E-state index contributed by atoms with van der Waals surface area (Å²) in [5.41, 5.74) is -0.590. The van der Waals surface area contributed by atoms with E-state index in [4.69, 9.17) is 5.11 Å². The maximum absolute atomic E-state index is 13.2. The van der Waals surface area contributed by atoms with Crippen LogP contribution in [0, 0.1) is 11.6 Å². The molecule has 0 radical (unpaired) electrons. The van der Waals surface area contributed by atoms with Crippen molar-refractivity contribution in [1.82, 2.24) is 0 Å². The Morgan fingerprint density at radius 2 is 1.62 bits per heavy atom. The number of halogens is 3. The molecule has 0 saturated carbocycles. The van der Waals surface area contributed by atoms with Gasteiger partial charge in [-0.15, -0.1) is 0 Å². The van der Waals surface area contributed by atoms with Gasteiger partial charge < -0.3 is 10.4 Å². The minimum Gasteiger partial charge on any atom is -0.478 e. The minimum absolute atomic E-state index is 0.249. The van der Waals surface area contributed by atoms with Crippen LogP contribution in [-0.4, -0.2) is 17.0 Å². The van der Waals surface area contributed by atoms with Gasteiger partial charge in [-0.2, -0.15) is 0 Å². The molecule has 0 aromatic heterocycles. The first kappa shape index (κ1) is 15.1. The molecule has 108 valence electrons. The van der Waals surface area contributed by atoms with E-state index in [2.05, 4.69) is 21.2 Å². The maximum Gasteiger partial charge on any atom is 0.337 e. The zero-order chi connectivity index (χ0) is 15.6. The summed E-state index contributed by atoms with van der Waals surface area (Å²) in [6.07, 6.45) is 0. The molecule has 4 nitrogen and oxygen atoms in total. The van der Waals surface area contributed by atoms with Crippen LogP contribution in [-0.2, 0) is 0 Å². The van der Waals surface area contributed by atoms with E-state index in [1.807, 2.05) is 0 Å². The lowest BCUT2D eigenvalue weighted by Gasteiger charge is -2.09. The van der Waals surface area contributed by atoms with E-state index in [0.717, 1.165) is 4.47 Å². The van der Waals surface area contributed by atoms with Crippen LogP contribution in [0.2, 0.25) is 0 Å². The molecule has 2 N–H and O–H groups in total. The third-order valence-electron chi connectivity index (χ3n) is 2.65. The van der Waals surface area contributed by atoms with Gasteiger partial charge in [0.25, 0.3) is 5.91 Å². The molecule has 7 heteroatoms. The number of hydrogen-bond acceptors (Lipinski definition) is 2. The highest BCUT2D eigenvalue weighted by Crippen LogP contribution is 2.21. The van der Waals surface area contributed by atoms with Crippen LogP contribution in [0.1, 0.15) is 20.7 Å². The Bertz CT molecular complexity index is 717. The van der Waals surface area contributed by atoms with Crippen molar-refractivity contribution in [1.29, 1.82) is 0 Å². The summed E-state index contributed by atoms with van der Waals surface area (Å²) in [5, 5.41) is 11.2. The second-order valence-electron chi connectivity index (χ2n) is 4.08. The normalized spacial score (nSPS) is 10.2. The van der Waals surface area contributed by atoms with Crippen molar-refractivity contribution in [3.05, 3.63) is 63.6 Å². The number of hydrogen-bond donors (Lipinski definition) is 2. The molecule has 21 heavy (non-hydrogen) atoms. The lowest BCUT2D eigenvalue weighted by Crippen LogP contribution is -2.15. The molecule has 0 saturated heterocycles. The van der Waals surface area contributed by atoms with Gasteiger partial charge in [0, 0.05) is 16.1 Å². The molecule has 2 rings (SSSR count). The molecule has 0 aliphatic rings. The van der Waals surface area contributed by atoms with Crippen LogP contribution in [0.3, 0.4) is 0 Å². The molecule has 0 bridgehead atoms. The molecular formula is C14H8BrF2NO3. The highest BCUT2D eigenvalue weighted by atomic mass is 79.9. The Morgan fingerprint density at radius 3 is 2.19 bits per heavy atom. The van der Waals surface area contributed by atoms with E-state index in [1.165, 1.54) is 12.1 Å². The number of aromatic carboxylic acids is 1. The number of amides is 1. The number of benzene rings is 2. The molecule has 0 atom stereocenters. The highest BCUT2D eigenvalue weighted by molar-refractivity contribution is 9.10. The third-order valence-corrected chi connectivity index (χ3v) is 3.17. The minimum atomic E-state index is -1.47. The molecule has 1 amide bonds. The first-order chi connectivity index (χ1) is 9.88. The summed E-state index contributed by atoms with van der Waals surface area (Å²) in [6.45, 7) is 0. The SMILES string of the molecule is O=C(Nc1cc(F)c(F)cc1C(=O)O)c1ccc(Br)cc1. The first-order valence-electron chi connectivity index (χ1n) is 5.67. The zero-order valence-electron chi connectivity index (χ0n) is 10.4. The van der Waals surface area contributed by atoms with Crippen molar-refractivity contribution in [2.24, 2.45) is 0 Å². The fourth-order valence-electron chi connectivity index (χ4n) is 1.62. The Labute approximate surface area is 126 Å². The second kappa shape index (κ2) is 6.01. The Morgan fingerprint density at radius 1 is 1.05 bits per heavy atom. The standard InChI is InChI=1S/C14H8BrF2NO3/c15-8-3-1-7(2-4-8)13(19)18-12-6-11(17)10(16)5-9(12)14(20)21/h1-6H,(H,18,19)(H,20,21). The van der Waals surface area contributed by atoms with E-state index in [0.29, 0.717) is 12.1 Å². The van der Waals surface area contributed by atoms with Crippen LogP contribution in [0.5, 0.6) is 0 Å². The molecular weight excluding hydrogens is 348 g/mol. The van der Waals surface area contributed by atoms with Gasteiger partial charge in [-0.1, -0.05) is 15.9 Å². The Kier molecular flexibility index (Phi) is 4.32. The van der Waals surface area contributed by atoms with Gasteiger partial charge in [-0.25, -0.2) is 13.6 Å². The van der Waals surface area contributed by atoms with E-state index in [9.17, 15) is 18.4 Å². The fraction of sp³-hybridized carbons (Fsp3) is 0. The number of carbonyl (C=O) groups excluding carboxylic acids is 1. The van der Waals surface area contributed by atoms with Crippen LogP contribution < -0.4 is 5.32 Å². The predicted octanol–water partition coefficient (Wildman–Crippen LogP) is 3.68. The summed E-state index contributed by atoms with van der Waals surface area (Å²) in [5.74, 6) is -4.64. The van der Waals surface area contributed by atoms with Crippen LogP contribution in [0.25, 0.3) is 0 Å². The molecule has 0 spiro atoms. The number of carboxylic acid groups (broad SMARTS) is 1. The van der Waals surface area contributed by atoms with Crippen molar-refractivity contribution in [3.8, 4) is 0 Å². The van der Waals surface area contributed by atoms with E-state index in [-0.39, 0.29) is 11.3 Å². The third kappa shape index (κ3) is 3.43. The van der Waals surface area contributed by atoms with Crippen LogP contribution >= 0.6 is 15.9 Å². The number of carbonyl (C=O) groups is 2. The predicted molar refractivity (Wildman–Crippen MR) is 75.4 cm³/mol. The first-order valence-corrected chi connectivity index (χ1v) is 6.47. The largest absolute Gasteiger partial charge is 0.478 e. The highest BCUT2D eigenvalue weighted by Gasteiger charge is 2.17. The quantitative estimate of drug-likeness (QED) is 0.882. The van der Waals surface area contributed by atoms with Gasteiger partial charge in [0.15, 0.2) is 11.6 Å². The van der Waals surface area contributed by atoms with Gasteiger partial charge in [0.1, 0.15) is 0 Å². The fourth-order valence-corrected chi connectivity index (χ4v) is 1.89. The van der Waals surface area contributed by atoms with Crippen molar-refractivity contribution in [2.45, 2.75) is 0 Å². The Hall–Kier alpha value is -2.28. The summed E-state index contributed by atoms with van der Waals surface area (Å²) in [7, 11) is 0. The number of rotatable bonds is 3. The molecule has 2 aromatic carbocycles. The molecule has 0 aliphatic heterocycles. The summed E-state index contributed by atoms with van der Waals surface area (Å²) >= 11 is 3.21. The smallest absolute Gasteiger partial charge is 0.337 e. The lowest BCUT2D eigenvalue weighted by atomic mass is 10.1. The number of carboxylic acids is 1. The molecule has 0 heterocycles.